The van der Waals surface area contributed by atoms with E-state index in [0.717, 1.165) is 17.9 Å². The van der Waals surface area contributed by atoms with Crippen LogP contribution in [0.5, 0.6) is 11.5 Å². The molecule has 2 aliphatic heterocycles. The zero-order chi connectivity index (χ0) is 14.1. The second kappa shape index (κ2) is 5.62. The maximum atomic E-state index is 5.99. The number of benzene rings is 1. The summed E-state index contributed by atoms with van der Waals surface area (Å²) >= 11 is 0. The number of nitrogens with one attached hydrogen (secondary N) is 1. The van der Waals surface area contributed by atoms with Gasteiger partial charge in [-0.2, -0.15) is 0 Å². The summed E-state index contributed by atoms with van der Waals surface area (Å²) in [5, 5.41) is 3.46. The first-order chi connectivity index (χ1) is 9.76. The Hall–Kier alpha value is -1.26. The molecule has 0 aromatic heterocycles. The van der Waals surface area contributed by atoms with E-state index in [-0.39, 0.29) is 0 Å². The standard InChI is InChI=1S/C16H23NO3/c1-17-16(12-9-11-5-7-13(12)20-11)10-4-6-14(18-2)15(8-10)19-3/h4,6,8,11-13,16-17H,5,7,9H2,1-3H3. The van der Waals surface area contributed by atoms with Crippen LogP contribution in [0.25, 0.3) is 0 Å². The van der Waals surface area contributed by atoms with Crippen LogP contribution >= 0.6 is 0 Å². The van der Waals surface area contributed by atoms with Crippen molar-refractivity contribution in [3.8, 4) is 11.5 Å². The van der Waals surface area contributed by atoms with Crippen LogP contribution in [0.15, 0.2) is 18.2 Å². The molecule has 20 heavy (non-hydrogen) atoms. The Bertz CT molecular complexity index is 477. The first-order valence-corrected chi connectivity index (χ1v) is 7.31. The Morgan fingerprint density at radius 1 is 1.20 bits per heavy atom. The van der Waals surface area contributed by atoms with Gasteiger partial charge < -0.3 is 19.5 Å². The van der Waals surface area contributed by atoms with Gasteiger partial charge in [-0.25, -0.2) is 0 Å². The summed E-state index contributed by atoms with van der Waals surface area (Å²) in [5.74, 6) is 2.11. The van der Waals surface area contributed by atoms with Crippen molar-refractivity contribution in [2.24, 2.45) is 5.92 Å². The predicted molar refractivity (Wildman–Crippen MR) is 77.3 cm³/mol. The SMILES string of the molecule is CNC(c1ccc(OC)c(OC)c1)C1CC2CCC1O2. The summed E-state index contributed by atoms with van der Waals surface area (Å²) in [6.45, 7) is 0. The van der Waals surface area contributed by atoms with Crippen LogP contribution in [-0.4, -0.2) is 33.5 Å². The van der Waals surface area contributed by atoms with Gasteiger partial charge in [0.25, 0.3) is 0 Å². The molecule has 2 saturated heterocycles. The maximum absolute atomic E-state index is 5.99. The van der Waals surface area contributed by atoms with Gasteiger partial charge in [-0.3, -0.25) is 0 Å². The van der Waals surface area contributed by atoms with E-state index in [2.05, 4.69) is 17.4 Å². The minimum Gasteiger partial charge on any atom is -0.493 e. The highest BCUT2D eigenvalue weighted by atomic mass is 16.5. The van der Waals surface area contributed by atoms with E-state index in [1.165, 1.54) is 18.4 Å². The molecule has 4 unspecified atom stereocenters. The van der Waals surface area contributed by atoms with E-state index in [1.54, 1.807) is 14.2 Å². The van der Waals surface area contributed by atoms with Crippen LogP contribution in [0.4, 0.5) is 0 Å². The van der Waals surface area contributed by atoms with Crippen LogP contribution in [0.2, 0.25) is 0 Å². The van der Waals surface area contributed by atoms with Gasteiger partial charge >= 0.3 is 0 Å². The molecule has 4 heteroatoms. The van der Waals surface area contributed by atoms with Crippen molar-refractivity contribution in [3.05, 3.63) is 23.8 Å². The zero-order valence-corrected chi connectivity index (χ0v) is 12.4. The van der Waals surface area contributed by atoms with E-state index >= 15 is 0 Å². The fraction of sp³-hybridized carbons (Fsp3) is 0.625. The molecule has 0 amide bonds. The third-order valence-corrected chi connectivity index (χ3v) is 4.66. The van der Waals surface area contributed by atoms with Crippen LogP contribution in [0, 0.1) is 5.92 Å². The second-order valence-corrected chi connectivity index (χ2v) is 5.65. The first-order valence-electron chi connectivity index (χ1n) is 7.31. The number of rotatable bonds is 5. The summed E-state index contributed by atoms with van der Waals surface area (Å²) in [5.41, 5.74) is 1.24. The molecule has 0 spiro atoms. The lowest BCUT2D eigenvalue weighted by atomic mass is 9.81. The number of methoxy groups -OCH3 is 2. The lowest BCUT2D eigenvalue weighted by molar-refractivity contribution is 0.0863. The fourth-order valence-corrected chi connectivity index (χ4v) is 3.70. The van der Waals surface area contributed by atoms with Crippen LogP contribution in [0.3, 0.4) is 0 Å². The molecule has 2 heterocycles. The molecular formula is C16H23NO3. The smallest absolute Gasteiger partial charge is 0.161 e. The van der Waals surface area contributed by atoms with Gasteiger partial charge in [0.15, 0.2) is 11.5 Å². The largest absolute Gasteiger partial charge is 0.493 e. The van der Waals surface area contributed by atoms with Gasteiger partial charge in [-0.1, -0.05) is 6.07 Å². The fourth-order valence-electron chi connectivity index (χ4n) is 3.70. The number of hydrogen-bond donors (Lipinski definition) is 1. The van der Waals surface area contributed by atoms with Crippen LogP contribution in [0.1, 0.15) is 30.9 Å². The van der Waals surface area contributed by atoms with Crippen molar-refractivity contribution >= 4 is 0 Å². The van der Waals surface area contributed by atoms with Crippen LogP contribution < -0.4 is 14.8 Å². The van der Waals surface area contributed by atoms with E-state index in [1.807, 2.05) is 13.1 Å². The minimum atomic E-state index is 0.310. The highest BCUT2D eigenvalue weighted by molar-refractivity contribution is 5.44. The van der Waals surface area contributed by atoms with Crippen molar-refractivity contribution in [2.45, 2.75) is 37.5 Å². The molecule has 2 fully saturated rings. The molecule has 3 rings (SSSR count). The number of fused-ring (bicyclic) bond motifs is 2. The molecular weight excluding hydrogens is 254 g/mol. The van der Waals surface area contributed by atoms with Gasteiger partial charge in [0.2, 0.25) is 0 Å². The molecule has 0 radical (unpaired) electrons. The first kappa shape index (κ1) is 13.7. The van der Waals surface area contributed by atoms with Crippen LogP contribution in [-0.2, 0) is 4.74 Å². The van der Waals surface area contributed by atoms with Crippen molar-refractivity contribution in [3.63, 3.8) is 0 Å². The second-order valence-electron chi connectivity index (χ2n) is 5.65. The molecule has 110 valence electrons. The molecule has 0 aliphatic carbocycles. The molecule has 4 atom stereocenters. The van der Waals surface area contributed by atoms with Crippen molar-refractivity contribution in [1.82, 2.24) is 5.32 Å². The van der Waals surface area contributed by atoms with E-state index in [0.29, 0.717) is 24.2 Å². The lowest BCUT2D eigenvalue weighted by Gasteiger charge is -2.29. The molecule has 1 aromatic carbocycles. The van der Waals surface area contributed by atoms with E-state index < -0.39 is 0 Å². The van der Waals surface area contributed by atoms with Gasteiger partial charge in [0.05, 0.1) is 26.4 Å². The summed E-state index contributed by atoms with van der Waals surface area (Å²) < 4.78 is 16.7. The normalized spacial score (nSPS) is 29.4. The topological polar surface area (TPSA) is 39.7 Å². The Balaban J connectivity index is 1.86. The van der Waals surface area contributed by atoms with E-state index in [4.69, 9.17) is 14.2 Å². The Morgan fingerprint density at radius 2 is 2.00 bits per heavy atom. The highest BCUT2D eigenvalue weighted by Gasteiger charge is 2.44. The monoisotopic (exact) mass is 277 g/mol. The van der Waals surface area contributed by atoms with Gasteiger partial charge in [0.1, 0.15) is 0 Å². The average molecular weight is 277 g/mol. The summed E-state index contributed by atoms with van der Waals surface area (Å²) in [6.07, 6.45) is 4.46. The maximum Gasteiger partial charge on any atom is 0.161 e. The lowest BCUT2D eigenvalue weighted by Crippen LogP contribution is -2.31. The van der Waals surface area contributed by atoms with Crippen molar-refractivity contribution in [1.29, 1.82) is 0 Å². The van der Waals surface area contributed by atoms with Crippen molar-refractivity contribution in [2.75, 3.05) is 21.3 Å². The number of hydrogen-bond acceptors (Lipinski definition) is 4. The summed E-state index contributed by atoms with van der Waals surface area (Å²) in [4.78, 5) is 0. The Kier molecular flexibility index (Phi) is 3.85. The third-order valence-electron chi connectivity index (χ3n) is 4.66. The molecule has 1 aromatic rings. The molecule has 4 nitrogen and oxygen atoms in total. The third kappa shape index (κ3) is 2.27. The van der Waals surface area contributed by atoms with Crippen molar-refractivity contribution < 1.29 is 14.2 Å². The zero-order valence-electron chi connectivity index (χ0n) is 12.4. The molecule has 2 bridgehead atoms. The van der Waals surface area contributed by atoms with Gasteiger partial charge in [-0.05, 0) is 44.0 Å². The summed E-state index contributed by atoms with van der Waals surface area (Å²) in [7, 11) is 5.36. The minimum absolute atomic E-state index is 0.310. The highest BCUT2D eigenvalue weighted by Crippen LogP contribution is 2.45. The predicted octanol–water partition coefficient (Wildman–Crippen LogP) is 2.53. The average Bonchev–Trinajstić information content (AvgIpc) is 3.11. The molecule has 0 saturated carbocycles. The quantitative estimate of drug-likeness (QED) is 0.898. The number of ether oxygens (including phenoxy) is 3. The molecule has 2 aliphatic rings. The van der Waals surface area contributed by atoms with Gasteiger partial charge in [-0.15, -0.1) is 0 Å². The summed E-state index contributed by atoms with van der Waals surface area (Å²) in [6, 6.07) is 6.48. The van der Waals surface area contributed by atoms with E-state index in [9.17, 15) is 0 Å². The van der Waals surface area contributed by atoms with Gasteiger partial charge in [0, 0.05) is 12.0 Å². The Labute approximate surface area is 120 Å². The molecule has 1 N–H and O–H groups in total. The Morgan fingerprint density at radius 3 is 2.55 bits per heavy atom.